The van der Waals surface area contributed by atoms with E-state index < -0.39 is 5.82 Å². The number of imidazole rings is 1. The second-order valence-electron chi connectivity index (χ2n) is 13.3. The van der Waals surface area contributed by atoms with Crippen molar-refractivity contribution in [2.24, 2.45) is 5.92 Å². The maximum atomic E-state index is 14.8. The average Bonchev–Trinajstić information content (AvgIpc) is 3.88. The molecule has 4 aromatic heterocycles. The van der Waals surface area contributed by atoms with Crippen LogP contribution >= 0.6 is 0 Å². The van der Waals surface area contributed by atoms with E-state index >= 15 is 0 Å². The fourth-order valence-corrected chi connectivity index (χ4v) is 7.25. The van der Waals surface area contributed by atoms with Gasteiger partial charge in [0.25, 0.3) is 0 Å². The number of aromatic nitrogens is 6. The Kier molecular flexibility index (Phi) is 8.74. The Bertz CT molecular complexity index is 2110. The lowest BCUT2D eigenvalue weighted by Gasteiger charge is -2.20. The van der Waals surface area contributed by atoms with E-state index in [0.29, 0.717) is 58.7 Å². The molecule has 1 amide bonds. The van der Waals surface area contributed by atoms with Crippen molar-refractivity contribution in [1.82, 2.24) is 35.0 Å². The Morgan fingerprint density at radius 3 is 2.67 bits per heavy atom. The number of H-pyrrole nitrogens is 2. The van der Waals surface area contributed by atoms with Crippen LogP contribution in [0.1, 0.15) is 51.4 Å². The van der Waals surface area contributed by atoms with E-state index in [1.165, 1.54) is 44.2 Å². The van der Waals surface area contributed by atoms with Gasteiger partial charge in [-0.2, -0.15) is 5.10 Å². The molecule has 0 bridgehead atoms. The number of amides is 1. The standard InChI is InChI=1S/C38H39FN8O2/c39-28-17-26(19-30(21-28)49-15-14-47-12-4-5-13-47)35-37-33(10-11-41-35)43-38(44-37)36-31-20-25(8-9-32(31)45-46-36)27-18-29(23-40-22-27)42-34(48)16-24-6-2-1-3-7-24/h8-11,17-24H,1-7,12-16H2,(H,42,48)(H,43,44)(H,45,46). The lowest BCUT2D eigenvalue weighted by molar-refractivity contribution is -0.117. The molecule has 2 aliphatic rings. The van der Waals surface area contributed by atoms with Crippen molar-refractivity contribution in [3.05, 3.63) is 72.9 Å². The summed E-state index contributed by atoms with van der Waals surface area (Å²) in [4.78, 5) is 32.5. The Hall–Kier alpha value is -5.16. The maximum absolute atomic E-state index is 14.8. The first-order chi connectivity index (χ1) is 24.1. The fourth-order valence-electron chi connectivity index (χ4n) is 7.25. The van der Waals surface area contributed by atoms with Gasteiger partial charge in [0.05, 0.1) is 28.6 Å². The van der Waals surface area contributed by atoms with E-state index in [1.807, 2.05) is 36.4 Å². The summed E-state index contributed by atoms with van der Waals surface area (Å²) in [6.07, 6.45) is 14.1. The molecule has 10 nitrogen and oxygen atoms in total. The number of rotatable bonds is 10. The number of benzene rings is 2. The van der Waals surface area contributed by atoms with Crippen LogP contribution in [0.3, 0.4) is 0 Å². The number of nitrogens with zero attached hydrogens (tertiary/aromatic N) is 5. The van der Waals surface area contributed by atoms with Crippen LogP contribution < -0.4 is 10.1 Å². The van der Waals surface area contributed by atoms with Gasteiger partial charge in [-0.25, -0.2) is 9.37 Å². The van der Waals surface area contributed by atoms with Crippen LogP contribution in [-0.4, -0.2) is 67.2 Å². The molecule has 5 heterocycles. The minimum absolute atomic E-state index is 0.0386. The summed E-state index contributed by atoms with van der Waals surface area (Å²) < 4.78 is 20.8. The molecular formula is C38H39FN8O2. The Morgan fingerprint density at radius 1 is 0.918 bits per heavy atom. The van der Waals surface area contributed by atoms with Crippen LogP contribution in [0.25, 0.3) is 55.8 Å². The molecule has 2 fully saturated rings. The van der Waals surface area contributed by atoms with Crippen LogP contribution in [0.2, 0.25) is 0 Å². The lowest BCUT2D eigenvalue weighted by atomic mass is 9.87. The van der Waals surface area contributed by atoms with E-state index in [4.69, 9.17) is 9.72 Å². The van der Waals surface area contributed by atoms with Crippen LogP contribution in [-0.2, 0) is 4.79 Å². The highest BCUT2D eigenvalue weighted by Gasteiger charge is 2.19. The number of fused-ring (bicyclic) bond motifs is 2. The van der Waals surface area contributed by atoms with Crippen molar-refractivity contribution in [2.75, 3.05) is 31.6 Å². The Balaban J connectivity index is 1.05. The van der Waals surface area contributed by atoms with Crippen LogP contribution in [0.4, 0.5) is 10.1 Å². The van der Waals surface area contributed by atoms with Gasteiger partial charge in [-0.1, -0.05) is 25.3 Å². The minimum Gasteiger partial charge on any atom is -0.492 e. The molecule has 1 aliphatic heterocycles. The van der Waals surface area contributed by atoms with Crippen LogP contribution in [0, 0.1) is 11.7 Å². The predicted octanol–water partition coefficient (Wildman–Crippen LogP) is 7.75. The van der Waals surface area contributed by atoms with Gasteiger partial charge in [-0.15, -0.1) is 0 Å². The number of anilines is 1. The predicted molar refractivity (Wildman–Crippen MR) is 189 cm³/mol. The van der Waals surface area contributed by atoms with Crippen LogP contribution in [0.5, 0.6) is 5.75 Å². The topological polar surface area (TPSA) is 125 Å². The molecule has 2 aromatic carbocycles. The molecule has 6 aromatic rings. The molecule has 250 valence electrons. The Labute approximate surface area is 283 Å². The lowest BCUT2D eigenvalue weighted by Crippen LogP contribution is -2.25. The number of carbonyl (C=O) groups is 1. The SMILES string of the molecule is O=C(CC1CCCCC1)Nc1cncc(-c2ccc3[nH]nc(-c4nc5c(-c6cc(F)cc(OCCN7CCCC7)c6)nccc5[nH]4)c3c2)c1. The first-order valence-corrected chi connectivity index (χ1v) is 17.3. The number of aromatic amines is 2. The third-order valence-electron chi connectivity index (χ3n) is 9.76. The number of hydrogen-bond acceptors (Lipinski definition) is 7. The van der Waals surface area contributed by atoms with E-state index in [2.05, 4.69) is 35.4 Å². The van der Waals surface area contributed by atoms with E-state index in [1.54, 1.807) is 18.6 Å². The molecule has 1 saturated heterocycles. The summed E-state index contributed by atoms with van der Waals surface area (Å²) in [6, 6.07) is 14.5. The highest BCUT2D eigenvalue weighted by atomic mass is 19.1. The molecule has 1 saturated carbocycles. The van der Waals surface area contributed by atoms with Gasteiger partial charge in [0.2, 0.25) is 5.91 Å². The second kappa shape index (κ2) is 13.8. The van der Waals surface area contributed by atoms with Crippen molar-refractivity contribution >= 4 is 33.5 Å². The molecule has 49 heavy (non-hydrogen) atoms. The summed E-state index contributed by atoms with van der Waals surface area (Å²) in [6.45, 7) is 3.49. The molecular weight excluding hydrogens is 619 g/mol. The smallest absolute Gasteiger partial charge is 0.224 e. The van der Waals surface area contributed by atoms with Crippen molar-refractivity contribution < 1.29 is 13.9 Å². The van der Waals surface area contributed by atoms with Gasteiger partial charge < -0.3 is 15.0 Å². The third kappa shape index (κ3) is 6.89. The second-order valence-corrected chi connectivity index (χ2v) is 13.3. The first-order valence-electron chi connectivity index (χ1n) is 17.3. The van der Waals surface area contributed by atoms with Gasteiger partial charge in [-0.3, -0.25) is 24.8 Å². The molecule has 0 unspecified atom stereocenters. The van der Waals surface area contributed by atoms with Crippen molar-refractivity contribution in [3.63, 3.8) is 0 Å². The quantitative estimate of drug-likeness (QED) is 0.137. The van der Waals surface area contributed by atoms with E-state index in [-0.39, 0.29) is 5.91 Å². The zero-order valence-corrected chi connectivity index (χ0v) is 27.3. The molecule has 3 N–H and O–H groups in total. The zero-order valence-electron chi connectivity index (χ0n) is 27.3. The Morgan fingerprint density at radius 2 is 1.80 bits per heavy atom. The van der Waals surface area contributed by atoms with E-state index in [0.717, 1.165) is 60.0 Å². The van der Waals surface area contributed by atoms with Crippen molar-refractivity contribution in [2.45, 2.75) is 51.4 Å². The summed E-state index contributed by atoms with van der Waals surface area (Å²) in [5.41, 5.74) is 6.50. The van der Waals surface area contributed by atoms with Gasteiger partial charge in [0.1, 0.15) is 29.4 Å². The maximum Gasteiger partial charge on any atom is 0.224 e. The van der Waals surface area contributed by atoms with Crippen molar-refractivity contribution in [1.29, 1.82) is 0 Å². The number of hydrogen-bond donors (Lipinski definition) is 3. The number of ether oxygens (including phenoxy) is 1. The average molecular weight is 659 g/mol. The highest BCUT2D eigenvalue weighted by Crippen LogP contribution is 2.34. The molecule has 0 radical (unpaired) electrons. The van der Waals surface area contributed by atoms with E-state index in [9.17, 15) is 9.18 Å². The minimum atomic E-state index is -0.392. The molecule has 11 heteroatoms. The van der Waals surface area contributed by atoms with Gasteiger partial charge >= 0.3 is 0 Å². The number of likely N-dealkylation sites (tertiary alicyclic amines) is 1. The number of nitrogens with one attached hydrogen (secondary N) is 3. The first kappa shape index (κ1) is 31.1. The molecule has 0 spiro atoms. The summed E-state index contributed by atoms with van der Waals surface area (Å²) >= 11 is 0. The molecule has 8 rings (SSSR count). The summed E-state index contributed by atoms with van der Waals surface area (Å²) in [5.74, 6) is 1.14. The molecule has 0 atom stereocenters. The third-order valence-corrected chi connectivity index (χ3v) is 9.76. The number of halogens is 1. The normalized spacial score (nSPS) is 15.7. The van der Waals surface area contributed by atoms with Crippen LogP contribution in [0.15, 0.2) is 67.1 Å². The number of pyridine rings is 2. The number of carbonyl (C=O) groups excluding carboxylic acids is 1. The fraction of sp³-hybridized carbons (Fsp3) is 0.342. The zero-order chi connectivity index (χ0) is 33.2. The largest absolute Gasteiger partial charge is 0.492 e. The summed E-state index contributed by atoms with van der Waals surface area (Å²) in [7, 11) is 0. The van der Waals surface area contributed by atoms with Crippen molar-refractivity contribution in [3.8, 4) is 39.7 Å². The van der Waals surface area contributed by atoms with Gasteiger partial charge in [0.15, 0.2) is 5.82 Å². The summed E-state index contributed by atoms with van der Waals surface area (Å²) in [5, 5.41) is 11.7. The molecule has 1 aliphatic carbocycles. The monoisotopic (exact) mass is 658 g/mol. The highest BCUT2D eigenvalue weighted by molar-refractivity contribution is 5.98. The van der Waals surface area contributed by atoms with Gasteiger partial charge in [0, 0.05) is 47.9 Å². The van der Waals surface area contributed by atoms with Gasteiger partial charge in [-0.05, 0) is 86.7 Å².